The van der Waals surface area contributed by atoms with Crippen molar-refractivity contribution in [2.24, 2.45) is 0 Å². The highest BCUT2D eigenvalue weighted by Gasteiger charge is 2.08. The van der Waals surface area contributed by atoms with Crippen molar-refractivity contribution in [3.8, 4) is 0 Å². The van der Waals surface area contributed by atoms with Gasteiger partial charge in [-0.1, -0.05) is 12.5 Å². The van der Waals surface area contributed by atoms with Gasteiger partial charge in [0.15, 0.2) is 0 Å². The van der Waals surface area contributed by atoms with Crippen LogP contribution >= 0.6 is 0 Å². The Kier molecular flexibility index (Phi) is 4.94. The van der Waals surface area contributed by atoms with Gasteiger partial charge >= 0.3 is 0 Å². The summed E-state index contributed by atoms with van der Waals surface area (Å²) >= 11 is 0. The van der Waals surface area contributed by atoms with E-state index in [2.05, 4.69) is 55.6 Å². The molecule has 96 valence electrons. The van der Waals surface area contributed by atoms with Crippen LogP contribution in [0.1, 0.15) is 46.7 Å². The molecule has 1 heterocycles. The Morgan fingerprint density at radius 3 is 2.76 bits per heavy atom. The van der Waals surface area contributed by atoms with Gasteiger partial charge < -0.3 is 9.88 Å². The molecule has 0 aromatic carbocycles. The summed E-state index contributed by atoms with van der Waals surface area (Å²) in [6.07, 6.45) is 7.17. The van der Waals surface area contributed by atoms with Gasteiger partial charge in [-0.15, -0.1) is 0 Å². The lowest BCUT2D eigenvalue weighted by Crippen LogP contribution is -2.36. The van der Waals surface area contributed by atoms with Crippen LogP contribution in [0.4, 0.5) is 0 Å². The van der Waals surface area contributed by atoms with Crippen LogP contribution in [0.15, 0.2) is 18.1 Å². The fraction of sp³-hybridized carbons (Fsp3) is 0.643. The van der Waals surface area contributed by atoms with Gasteiger partial charge in [0.25, 0.3) is 0 Å². The molecule has 3 nitrogen and oxygen atoms in total. The number of hydrogen-bond acceptors (Lipinski definition) is 2. The molecule has 0 amide bonds. The third-order valence-electron chi connectivity index (χ3n) is 2.50. The molecule has 1 rings (SSSR count). The predicted molar refractivity (Wildman–Crippen MR) is 73.9 cm³/mol. The highest BCUT2D eigenvalue weighted by Crippen LogP contribution is 2.08. The summed E-state index contributed by atoms with van der Waals surface area (Å²) in [6.45, 7) is 12.8. The lowest BCUT2D eigenvalue weighted by Gasteiger charge is -2.20. The van der Waals surface area contributed by atoms with Gasteiger partial charge in [0.05, 0.1) is 18.2 Å². The van der Waals surface area contributed by atoms with E-state index in [4.69, 9.17) is 0 Å². The zero-order valence-corrected chi connectivity index (χ0v) is 11.7. The molecule has 0 radical (unpaired) electrons. The minimum Gasteiger partial charge on any atom is -0.331 e. The molecule has 17 heavy (non-hydrogen) atoms. The Morgan fingerprint density at radius 1 is 1.47 bits per heavy atom. The predicted octanol–water partition coefficient (Wildman–Crippen LogP) is 3.08. The summed E-state index contributed by atoms with van der Waals surface area (Å²) in [5.74, 6) is 0. The number of aryl methyl sites for hydroxylation is 1. The molecular weight excluding hydrogens is 210 g/mol. The number of hydrogen-bond donors (Lipinski definition) is 1. The molecule has 0 spiro atoms. The van der Waals surface area contributed by atoms with E-state index >= 15 is 0 Å². The first-order valence-electron chi connectivity index (χ1n) is 6.34. The van der Waals surface area contributed by atoms with Gasteiger partial charge in [0.2, 0.25) is 0 Å². The highest BCUT2D eigenvalue weighted by atomic mass is 15.0. The first-order valence-corrected chi connectivity index (χ1v) is 6.34. The van der Waals surface area contributed by atoms with Crippen LogP contribution in [0.5, 0.6) is 0 Å². The second-order valence-corrected chi connectivity index (χ2v) is 5.61. The first kappa shape index (κ1) is 14.0. The van der Waals surface area contributed by atoms with Crippen LogP contribution in [-0.2, 0) is 6.54 Å². The lowest BCUT2D eigenvalue weighted by molar-refractivity contribution is 0.445. The van der Waals surface area contributed by atoms with E-state index in [9.17, 15) is 0 Å². The van der Waals surface area contributed by atoms with Crippen LogP contribution in [0, 0.1) is 0 Å². The van der Waals surface area contributed by atoms with E-state index in [1.165, 1.54) is 11.3 Å². The van der Waals surface area contributed by atoms with Gasteiger partial charge in [-0.05, 0) is 40.2 Å². The van der Waals surface area contributed by atoms with Gasteiger partial charge in [-0.2, -0.15) is 0 Å². The third-order valence-corrected chi connectivity index (χ3v) is 2.50. The van der Waals surface area contributed by atoms with Crippen molar-refractivity contribution < 1.29 is 0 Å². The molecule has 3 heteroatoms. The zero-order chi connectivity index (χ0) is 12.9. The summed E-state index contributed by atoms with van der Waals surface area (Å²) in [7, 11) is 0. The standard InChI is InChI=1S/C14H25N3/c1-6-7-17-11-15-10-13(17)8-12(2)9-16-14(3,4)5/h8,10-11,16H,6-7,9H2,1-5H3. The van der Waals surface area contributed by atoms with Crippen LogP contribution in [0.3, 0.4) is 0 Å². The molecule has 0 aliphatic rings. The Hall–Kier alpha value is -1.09. The van der Waals surface area contributed by atoms with E-state index < -0.39 is 0 Å². The molecule has 1 aromatic heterocycles. The van der Waals surface area contributed by atoms with Crippen molar-refractivity contribution in [1.82, 2.24) is 14.9 Å². The molecule has 0 saturated heterocycles. The van der Waals surface area contributed by atoms with Crippen LogP contribution in [-0.4, -0.2) is 21.6 Å². The normalized spacial score (nSPS) is 13.1. The van der Waals surface area contributed by atoms with Gasteiger partial charge in [-0.25, -0.2) is 4.98 Å². The quantitative estimate of drug-likeness (QED) is 0.850. The van der Waals surface area contributed by atoms with Crippen LogP contribution < -0.4 is 5.32 Å². The van der Waals surface area contributed by atoms with E-state index in [-0.39, 0.29) is 5.54 Å². The molecular formula is C14H25N3. The Balaban J connectivity index is 2.64. The van der Waals surface area contributed by atoms with E-state index in [1.807, 2.05) is 12.5 Å². The fourth-order valence-electron chi connectivity index (χ4n) is 1.59. The van der Waals surface area contributed by atoms with Gasteiger partial charge in [0, 0.05) is 18.6 Å². The van der Waals surface area contributed by atoms with Crippen molar-refractivity contribution in [1.29, 1.82) is 0 Å². The molecule has 0 fully saturated rings. The number of imidazole rings is 1. The maximum atomic E-state index is 4.20. The third kappa shape index (κ3) is 5.18. The maximum Gasteiger partial charge on any atom is 0.0950 e. The molecule has 0 aliphatic carbocycles. The number of aromatic nitrogens is 2. The van der Waals surface area contributed by atoms with Crippen molar-refractivity contribution in [2.45, 2.75) is 53.1 Å². The topological polar surface area (TPSA) is 29.9 Å². The van der Waals surface area contributed by atoms with E-state index in [0.29, 0.717) is 0 Å². The molecule has 1 aromatic rings. The molecule has 0 aliphatic heterocycles. The molecule has 1 N–H and O–H groups in total. The average Bonchev–Trinajstić information content (AvgIpc) is 2.63. The molecule has 0 atom stereocenters. The SMILES string of the molecule is CCCn1cncc1C=C(C)CNC(C)(C)C. The number of nitrogens with zero attached hydrogens (tertiary/aromatic N) is 2. The smallest absolute Gasteiger partial charge is 0.0950 e. The summed E-state index contributed by atoms with van der Waals surface area (Å²) < 4.78 is 2.20. The van der Waals surface area contributed by atoms with Crippen molar-refractivity contribution in [2.75, 3.05) is 6.54 Å². The maximum absolute atomic E-state index is 4.20. The Morgan fingerprint density at radius 2 is 2.18 bits per heavy atom. The zero-order valence-electron chi connectivity index (χ0n) is 11.7. The largest absolute Gasteiger partial charge is 0.331 e. The average molecular weight is 235 g/mol. The number of nitrogens with one attached hydrogen (secondary N) is 1. The number of rotatable bonds is 5. The first-order chi connectivity index (χ1) is 7.92. The Bertz CT molecular complexity index is 369. The van der Waals surface area contributed by atoms with Crippen LogP contribution in [0.2, 0.25) is 0 Å². The minimum absolute atomic E-state index is 0.165. The van der Waals surface area contributed by atoms with Gasteiger partial charge in [0.1, 0.15) is 0 Å². The fourth-order valence-corrected chi connectivity index (χ4v) is 1.59. The Labute approximate surface area is 105 Å². The van der Waals surface area contributed by atoms with Crippen molar-refractivity contribution in [3.05, 3.63) is 23.8 Å². The highest BCUT2D eigenvalue weighted by molar-refractivity contribution is 5.48. The summed E-state index contributed by atoms with van der Waals surface area (Å²) in [5.41, 5.74) is 2.69. The molecule has 0 saturated carbocycles. The summed E-state index contributed by atoms with van der Waals surface area (Å²) in [5, 5.41) is 3.49. The lowest BCUT2D eigenvalue weighted by atomic mass is 10.1. The van der Waals surface area contributed by atoms with E-state index in [0.717, 1.165) is 19.5 Å². The second kappa shape index (κ2) is 6.01. The van der Waals surface area contributed by atoms with Crippen LogP contribution in [0.25, 0.3) is 6.08 Å². The van der Waals surface area contributed by atoms with Gasteiger partial charge in [-0.3, -0.25) is 0 Å². The molecule has 0 unspecified atom stereocenters. The second-order valence-electron chi connectivity index (χ2n) is 5.61. The van der Waals surface area contributed by atoms with Crippen molar-refractivity contribution >= 4 is 6.08 Å². The summed E-state index contributed by atoms with van der Waals surface area (Å²) in [6, 6.07) is 0. The minimum atomic E-state index is 0.165. The molecule has 0 bridgehead atoms. The monoisotopic (exact) mass is 235 g/mol. The summed E-state index contributed by atoms with van der Waals surface area (Å²) in [4.78, 5) is 4.20. The van der Waals surface area contributed by atoms with E-state index in [1.54, 1.807) is 0 Å². The van der Waals surface area contributed by atoms with Crippen molar-refractivity contribution in [3.63, 3.8) is 0 Å².